The highest BCUT2D eigenvalue weighted by Crippen LogP contribution is 2.02. The summed E-state index contributed by atoms with van der Waals surface area (Å²) in [6, 6.07) is 0. The molecule has 12 heteroatoms. The van der Waals surface area contributed by atoms with E-state index in [9.17, 15) is 26.4 Å². The Hall–Kier alpha value is -1.50. The van der Waals surface area contributed by atoms with E-state index in [0.29, 0.717) is 19.4 Å². The molecule has 0 fully saturated rings. The number of ether oxygens (including phenoxy) is 2. The number of rotatable bonds is 15. The molecule has 0 bridgehead atoms. The second-order valence-corrected chi connectivity index (χ2v) is 11.4. The van der Waals surface area contributed by atoms with Crippen molar-refractivity contribution in [3.63, 3.8) is 0 Å². The van der Waals surface area contributed by atoms with E-state index in [1.807, 2.05) is 0 Å². The van der Waals surface area contributed by atoms with Gasteiger partial charge in [-0.05, 0) is 40.5 Å². The van der Waals surface area contributed by atoms with Crippen LogP contribution in [0.4, 0.5) is 0 Å². The topological polar surface area (TPSA) is 145 Å². The highest BCUT2D eigenvalue weighted by Gasteiger charge is 2.15. The van der Waals surface area contributed by atoms with Gasteiger partial charge >= 0.3 is 11.9 Å². The fourth-order valence-electron chi connectivity index (χ4n) is 1.72. The molecule has 0 saturated carbocycles. The van der Waals surface area contributed by atoms with Crippen molar-refractivity contribution >= 4 is 32.0 Å². The molecule has 0 aliphatic heterocycles. The van der Waals surface area contributed by atoms with Crippen molar-refractivity contribution in [2.24, 2.45) is 0 Å². The second-order valence-electron chi connectivity index (χ2n) is 6.75. The van der Waals surface area contributed by atoms with E-state index in [1.54, 1.807) is 13.8 Å². The fraction of sp³-hybridized carbons (Fsp3) is 0.765. The Balaban J connectivity index is 3.82. The summed E-state index contributed by atoms with van der Waals surface area (Å²) in [4.78, 5) is 22.9. The van der Waals surface area contributed by atoms with Crippen LogP contribution in [0, 0.1) is 0 Å². The maximum absolute atomic E-state index is 11.5. The first-order chi connectivity index (χ1) is 13.4. The molecule has 0 aliphatic carbocycles. The molecule has 0 unspecified atom stereocenters. The van der Waals surface area contributed by atoms with Crippen LogP contribution in [-0.4, -0.2) is 59.2 Å². The van der Waals surface area contributed by atoms with Gasteiger partial charge in [0, 0.05) is 18.7 Å². The van der Waals surface area contributed by atoms with Crippen molar-refractivity contribution in [2.45, 2.75) is 63.9 Å². The zero-order valence-electron chi connectivity index (χ0n) is 17.3. The molecular formula is C17H32N2O8S2. The molecule has 0 rings (SSSR count). The van der Waals surface area contributed by atoms with E-state index in [1.165, 1.54) is 13.8 Å². The largest absolute Gasteiger partial charge is 0.463 e. The van der Waals surface area contributed by atoms with Crippen LogP contribution < -0.4 is 9.44 Å². The Bertz CT molecular complexity index is 743. The van der Waals surface area contributed by atoms with Crippen molar-refractivity contribution in [1.29, 1.82) is 0 Å². The third kappa shape index (κ3) is 13.4. The predicted molar refractivity (Wildman–Crippen MR) is 109 cm³/mol. The summed E-state index contributed by atoms with van der Waals surface area (Å²) in [5.74, 6) is -1.59. The number of hydrogen-bond donors (Lipinski definition) is 2. The zero-order chi connectivity index (χ0) is 22.5. The summed E-state index contributed by atoms with van der Waals surface area (Å²) in [5, 5.41) is -1.12. The molecule has 2 N–H and O–H groups in total. The summed E-state index contributed by atoms with van der Waals surface area (Å²) < 4.78 is 60.1. The van der Waals surface area contributed by atoms with Gasteiger partial charge < -0.3 is 9.47 Å². The normalized spacial score (nSPS) is 12.6. The van der Waals surface area contributed by atoms with Gasteiger partial charge in [0.1, 0.15) is 0 Å². The van der Waals surface area contributed by atoms with Gasteiger partial charge in [-0.1, -0.05) is 12.8 Å². The number of hydrogen-bond acceptors (Lipinski definition) is 8. The van der Waals surface area contributed by atoms with Gasteiger partial charge in [-0.2, -0.15) is 4.72 Å². The number of carbonyl (C=O) groups excluding carboxylic acids is 2. The minimum atomic E-state index is -3.54. The van der Waals surface area contributed by atoms with Crippen LogP contribution >= 0.6 is 0 Å². The van der Waals surface area contributed by atoms with Crippen LogP contribution in [0.3, 0.4) is 0 Å². The smallest absolute Gasteiger partial charge is 0.332 e. The number of unbranched alkanes of at least 4 members (excludes halogenated alkanes) is 3. The summed E-state index contributed by atoms with van der Waals surface area (Å²) in [6.07, 6.45) is 4.60. The van der Waals surface area contributed by atoms with Crippen molar-refractivity contribution in [1.82, 2.24) is 9.44 Å². The van der Waals surface area contributed by atoms with E-state index in [-0.39, 0.29) is 6.61 Å². The zero-order valence-corrected chi connectivity index (χ0v) is 19.0. The van der Waals surface area contributed by atoms with Crippen molar-refractivity contribution in [3.05, 3.63) is 12.2 Å². The van der Waals surface area contributed by atoms with Gasteiger partial charge in [-0.3, -0.25) is 0 Å². The monoisotopic (exact) mass is 456 g/mol. The minimum absolute atomic E-state index is 0.171. The average Bonchev–Trinajstić information content (AvgIpc) is 2.61. The quantitative estimate of drug-likeness (QED) is 0.159. The summed E-state index contributed by atoms with van der Waals surface area (Å²) >= 11 is 0. The molecular weight excluding hydrogens is 424 g/mol. The lowest BCUT2D eigenvalue weighted by atomic mass is 10.2. The van der Waals surface area contributed by atoms with Crippen molar-refractivity contribution in [3.8, 4) is 0 Å². The fourth-order valence-corrected chi connectivity index (χ4v) is 3.03. The molecule has 170 valence electrons. The molecule has 0 saturated heterocycles. The number of carbonyl (C=O) groups is 2. The number of nitrogens with one attached hydrogen (secondary N) is 2. The van der Waals surface area contributed by atoms with E-state index < -0.39 is 49.2 Å². The minimum Gasteiger partial charge on any atom is -0.463 e. The molecule has 0 spiro atoms. The van der Waals surface area contributed by atoms with Crippen LogP contribution in [-0.2, 0) is 39.1 Å². The van der Waals surface area contributed by atoms with Gasteiger partial charge in [0.15, 0.2) is 6.73 Å². The maximum atomic E-state index is 11.5. The first-order valence-electron chi connectivity index (χ1n) is 9.37. The van der Waals surface area contributed by atoms with Crippen molar-refractivity contribution in [2.75, 3.05) is 19.9 Å². The molecule has 0 heterocycles. The highest BCUT2D eigenvalue weighted by atomic mass is 32.2. The lowest BCUT2D eigenvalue weighted by Gasteiger charge is -2.09. The Morgan fingerprint density at radius 1 is 0.759 bits per heavy atom. The Labute approximate surface area is 173 Å². The van der Waals surface area contributed by atoms with Gasteiger partial charge in [-0.25, -0.2) is 31.1 Å². The summed E-state index contributed by atoms with van der Waals surface area (Å²) in [5.41, 5.74) is 0. The molecule has 0 atom stereocenters. The second kappa shape index (κ2) is 13.7. The Kier molecular flexibility index (Phi) is 13.0. The molecule has 10 nitrogen and oxygen atoms in total. The summed E-state index contributed by atoms with van der Waals surface area (Å²) in [7, 11) is -6.77. The lowest BCUT2D eigenvalue weighted by molar-refractivity contribution is -0.140. The van der Waals surface area contributed by atoms with Gasteiger partial charge in [0.05, 0.1) is 17.1 Å². The third-order valence-corrected chi connectivity index (χ3v) is 7.30. The molecule has 0 aliphatic rings. The van der Waals surface area contributed by atoms with E-state index in [4.69, 9.17) is 4.74 Å². The van der Waals surface area contributed by atoms with E-state index >= 15 is 0 Å². The third-order valence-electron chi connectivity index (χ3n) is 3.69. The molecule has 29 heavy (non-hydrogen) atoms. The molecule has 0 radical (unpaired) electrons. The Morgan fingerprint density at radius 3 is 1.79 bits per heavy atom. The van der Waals surface area contributed by atoms with E-state index in [2.05, 4.69) is 14.2 Å². The average molecular weight is 457 g/mol. The molecule has 0 aromatic carbocycles. The molecule has 0 aromatic rings. The SMILES string of the molecule is CC(C)S(=O)(=O)NCCCCCCOC(=O)/C=C/C(=O)OCNS(=O)(=O)C(C)C. The molecule has 0 amide bonds. The lowest BCUT2D eigenvalue weighted by Crippen LogP contribution is -2.33. The van der Waals surface area contributed by atoms with Crippen LogP contribution in [0.2, 0.25) is 0 Å². The van der Waals surface area contributed by atoms with Crippen LogP contribution in [0.25, 0.3) is 0 Å². The summed E-state index contributed by atoms with van der Waals surface area (Å²) in [6.45, 7) is 6.20. The van der Waals surface area contributed by atoms with Gasteiger partial charge in [-0.15, -0.1) is 0 Å². The first kappa shape index (κ1) is 27.5. The maximum Gasteiger partial charge on any atom is 0.332 e. The van der Waals surface area contributed by atoms with Gasteiger partial charge in [0.25, 0.3) is 0 Å². The highest BCUT2D eigenvalue weighted by molar-refractivity contribution is 7.90. The Morgan fingerprint density at radius 2 is 1.24 bits per heavy atom. The van der Waals surface area contributed by atoms with Crippen LogP contribution in [0.5, 0.6) is 0 Å². The van der Waals surface area contributed by atoms with E-state index in [0.717, 1.165) is 25.0 Å². The first-order valence-corrected chi connectivity index (χ1v) is 12.5. The predicted octanol–water partition coefficient (Wildman–Crippen LogP) is 0.803. The number of sulfonamides is 2. The standard InChI is InChI=1S/C17H32N2O8S2/c1-14(2)28(22,23)18-11-7-5-6-8-12-26-16(20)9-10-17(21)27-13-19-29(24,25)15(3)4/h9-10,14-15,18-19H,5-8,11-13H2,1-4H3/b10-9+. The number of esters is 2. The van der Waals surface area contributed by atoms with Crippen LogP contribution in [0.1, 0.15) is 53.4 Å². The van der Waals surface area contributed by atoms with Crippen LogP contribution in [0.15, 0.2) is 12.2 Å². The van der Waals surface area contributed by atoms with Crippen molar-refractivity contribution < 1.29 is 35.9 Å². The molecule has 0 aromatic heterocycles. The van der Waals surface area contributed by atoms with Gasteiger partial charge in [0.2, 0.25) is 20.0 Å².